The average Bonchev–Trinajstić information content (AvgIpc) is 2.59. The van der Waals surface area contributed by atoms with Crippen LogP contribution in [0.25, 0.3) is 10.8 Å². The van der Waals surface area contributed by atoms with E-state index in [0.29, 0.717) is 32.0 Å². The van der Waals surface area contributed by atoms with Crippen LogP contribution in [0.5, 0.6) is 5.75 Å². The van der Waals surface area contributed by atoms with Gasteiger partial charge in [-0.05, 0) is 26.0 Å². The Morgan fingerprint density at radius 3 is 2.48 bits per heavy atom. The first-order valence-corrected chi connectivity index (χ1v) is 9.27. The quantitative estimate of drug-likeness (QED) is 0.696. The molecule has 4 nitrogen and oxygen atoms in total. The largest absolute Gasteiger partial charge is 0.491 e. The van der Waals surface area contributed by atoms with Crippen molar-refractivity contribution in [2.75, 3.05) is 39.5 Å². The van der Waals surface area contributed by atoms with Crippen molar-refractivity contribution >= 4 is 22.4 Å². The first kappa shape index (κ1) is 18.5. The van der Waals surface area contributed by atoms with E-state index in [0.717, 1.165) is 41.2 Å². The van der Waals surface area contributed by atoms with Gasteiger partial charge in [0.1, 0.15) is 12.4 Å². The fraction of sp³-hybridized carbons (Fsp3) is 0.500. The summed E-state index contributed by atoms with van der Waals surface area (Å²) in [6.07, 6.45) is 0.593. The molecule has 2 aromatic carbocycles. The Balaban J connectivity index is 1.40. The van der Waals surface area contributed by atoms with Crippen LogP contribution in [0, 0.1) is 0 Å². The first-order chi connectivity index (χ1) is 12.1. The Labute approximate surface area is 154 Å². The summed E-state index contributed by atoms with van der Waals surface area (Å²) in [5.74, 6) is 0.847. The van der Waals surface area contributed by atoms with E-state index in [1.807, 2.05) is 36.4 Å². The second-order valence-electron chi connectivity index (χ2n) is 6.57. The highest BCUT2D eigenvalue weighted by Gasteiger charge is 2.21. The molecule has 3 rings (SSSR count). The maximum Gasteiger partial charge on any atom is 0.127 e. The fourth-order valence-electron chi connectivity index (χ4n) is 3.33. The first-order valence-electron chi connectivity index (χ1n) is 8.89. The van der Waals surface area contributed by atoms with Gasteiger partial charge in [0.2, 0.25) is 0 Å². The number of hydrogen-bond donors (Lipinski definition) is 0. The number of halogens is 1. The summed E-state index contributed by atoms with van der Waals surface area (Å²) in [5, 5.41) is 2.79. The summed E-state index contributed by atoms with van der Waals surface area (Å²) in [4.78, 5) is 2.40. The zero-order valence-corrected chi connectivity index (χ0v) is 15.7. The minimum Gasteiger partial charge on any atom is -0.491 e. The summed E-state index contributed by atoms with van der Waals surface area (Å²) in [7, 11) is 0. The molecule has 1 aliphatic rings. The number of benzene rings is 2. The highest BCUT2D eigenvalue weighted by Crippen LogP contribution is 2.31. The molecular weight excluding hydrogens is 338 g/mol. The van der Waals surface area contributed by atoms with Crippen LogP contribution in [-0.4, -0.2) is 56.6 Å². The molecule has 0 bridgehead atoms. The molecule has 5 heteroatoms. The number of morpholine rings is 1. The van der Waals surface area contributed by atoms with Gasteiger partial charge in [0.15, 0.2) is 0 Å². The number of rotatable bonds is 7. The van der Waals surface area contributed by atoms with Gasteiger partial charge in [-0.15, -0.1) is 0 Å². The third-order valence-corrected chi connectivity index (χ3v) is 4.69. The number of nitrogens with zero attached hydrogens (tertiary/aromatic N) is 1. The molecule has 1 saturated heterocycles. The Morgan fingerprint density at radius 1 is 1.00 bits per heavy atom. The van der Waals surface area contributed by atoms with Crippen LogP contribution in [0.15, 0.2) is 36.4 Å². The Morgan fingerprint density at radius 2 is 1.72 bits per heavy atom. The summed E-state index contributed by atoms with van der Waals surface area (Å²) in [6.45, 7) is 8.93. The normalized spacial score (nSPS) is 21.6. The molecule has 0 amide bonds. The molecule has 0 saturated carbocycles. The van der Waals surface area contributed by atoms with Crippen molar-refractivity contribution in [3.63, 3.8) is 0 Å². The SMILES string of the molecule is C[C@@H]1CN(CCOCCOc2ccc(Cl)c3ccccc23)C[C@H](C)O1. The molecule has 0 aromatic heterocycles. The fourth-order valence-corrected chi connectivity index (χ4v) is 3.56. The third-order valence-electron chi connectivity index (χ3n) is 4.36. The Hall–Kier alpha value is -1.33. The molecule has 0 spiro atoms. The molecule has 0 aliphatic carbocycles. The maximum absolute atomic E-state index is 6.23. The summed E-state index contributed by atoms with van der Waals surface area (Å²) in [6, 6.07) is 11.8. The lowest BCUT2D eigenvalue weighted by Crippen LogP contribution is -2.46. The molecule has 2 aromatic rings. The third kappa shape index (κ3) is 5.08. The van der Waals surface area contributed by atoms with E-state index < -0.39 is 0 Å². The average molecular weight is 364 g/mol. The minimum absolute atomic E-state index is 0.297. The highest BCUT2D eigenvalue weighted by molar-refractivity contribution is 6.35. The standard InChI is InChI=1S/C20H26ClNO3/c1-15-13-22(14-16(2)25-15)9-10-23-11-12-24-20-8-7-19(21)17-5-3-4-6-18(17)20/h3-8,15-16H,9-14H2,1-2H3/t15-,16+. The van der Waals surface area contributed by atoms with E-state index in [9.17, 15) is 0 Å². The molecule has 1 heterocycles. The van der Waals surface area contributed by atoms with Crippen LogP contribution in [-0.2, 0) is 9.47 Å². The van der Waals surface area contributed by atoms with Crippen molar-refractivity contribution in [3.05, 3.63) is 41.4 Å². The summed E-state index contributed by atoms with van der Waals surface area (Å²) in [5.41, 5.74) is 0. The van der Waals surface area contributed by atoms with Crippen LogP contribution in [0.3, 0.4) is 0 Å². The second-order valence-corrected chi connectivity index (χ2v) is 6.98. The second kappa shape index (κ2) is 8.86. The van der Waals surface area contributed by atoms with Gasteiger partial charge in [-0.25, -0.2) is 0 Å². The van der Waals surface area contributed by atoms with Gasteiger partial charge < -0.3 is 14.2 Å². The van der Waals surface area contributed by atoms with Crippen LogP contribution >= 0.6 is 11.6 Å². The number of fused-ring (bicyclic) bond motifs is 1. The molecule has 0 radical (unpaired) electrons. The van der Waals surface area contributed by atoms with Gasteiger partial charge in [-0.3, -0.25) is 4.90 Å². The maximum atomic E-state index is 6.23. The van der Waals surface area contributed by atoms with E-state index in [4.69, 9.17) is 25.8 Å². The van der Waals surface area contributed by atoms with Gasteiger partial charge in [0.05, 0.1) is 25.4 Å². The lowest BCUT2D eigenvalue weighted by molar-refractivity contribution is -0.0734. The minimum atomic E-state index is 0.297. The molecule has 0 unspecified atom stereocenters. The highest BCUT2D eigenvalue weighted by atomic mass is 35.5. The molecule has 0 N–H and O–H groups in total. The molecule has 1 fully saturated rings. The van der Waals surface area contributed by atoms with E-state index in [2.05, 4.69) is 18.7 Å². The van der Waals surface area contributed by atoms with Crippen molar-refractivity contribution in [2.45, 2.75) is 26.1 Å². The lowest BCUT2D eigenvalue weighted by Gasteiger charge is -2.35. The van der Waals surface area contributed by atoms with Crippen LogP contribution in [0.2, 0.25) is 5.02 Å². The Bertz CT molecular complexity index is 684. The van der Waals surface area contributed by atoms with Gasteiger partial charge >= 0.3 is 0 Å². The zero-order chi connectivity index (χ0) is 17.6. The summed E-state index contributed by atoms with van der Waals surface area (Å²) >= 11 is 6.23. The van der Waals surface area contributed by atoms with Crippen molar-refractivity contribution in [1.82, 2.24) is 4.90 Å². The van der Waals surface area contributed by atoms with E-state index >= 15 is 0 Å². The van der Waals surface area contributed by atoms with Gasteiger partial charge in [-0.1, -0.05) is 35.9 Å². The predicted octanol–water partition coefficient (Wildman–Crippen LogP) is 4.00. The van der Waals surface area contributed by atoms with E-state index in [-0.39, 0.29) is 0 Å². The van der Waals surface area contributed by atoms with Crippen molar-refractivity contribution < 1.29 is 14.2 Å². The van der Waals surface area contributed by atoms with Crippen LogP contribution < -0.4 is 4.74 Å². The molecule has 1 aliphatic heterocycles. The molecule has 2 atom stereocenters. The molecular formula is C20H26ClNO3. The van der Waals surface area contributed by atoms with Crippen molar-refractivity contribution in [2.24, 2.45) is 0 Å². The molecule has 136 valence electrons. The van der Waals surface area contributed by atoms with E-state index in [1.54, 1.807) is 0 Å². The van der Waals surface area contributed by atoms with Gasteiger partial charge in [0.25, 0.3) is 0 Å². The van der Waals surface area contributed by atoms with E-state index in [1.165, 1.54) is 0 Å². The monoisotopic (exact) mass is 363 g/mol. The number of hydrogen-bond acceptors (Lipinski definition) is 4. The zero-order valence-electron chi connectivity index (χ0n) is 14.9. The van der Waals surface area contributed by atoms with Gasteiger partial charge in [0, 0.05) is 35.4 Å². The smallest absolute Gasteiger partial charge is 0.127 e. The van der Waals surface area contributed by atoms with Crippen LogP contribution in [0.4, 0.5) is 0 Å². The van der Waals surface area contributed by atoms with Crippen LogP contribution in [0.1, 0.15) is 13.8 Å². The topological polar surface area (TPSA) is 30.9 Å². The molecule has 25 heavy (non-hydrogen) atoms. The van der Waals surface area contributed by atoms with Crippen molar-refractivity contribution in [3.8, 4) is 5.75 Å². The van der Waals surface area contributed by atoms with Gasteiger partial charge in [-0.2, -0.15) is 0 Å². The lowest BCUT2D eigenvalue weighted by atomic mass is 10.1. The predicted molar refractivity (Wildman–Crippen MR) is 102 cm³/mol. The van der Waals surface area contributed by atoms with Crippen molar-refractivity contribution in [1.29, 1.82) is 0 Å². The Kier molecular flexibility index (Phi) is 6.54. The number of ether oxygens (including phenoxy) is 3. The summed E-state index contributed by atoms with van der Waals surface area (Å²) < 4.78 is 17.4.